The van der Waals surface area contributed by atoms with Crippen LogP contribution in [0.4, 0.5) is 18.9 Å². The number of hydrogen-bond acceptors (Lipinski definition) is 2. The lowest BCUT2D eigenvalue weighted by atomic mass is 9.78. The van der Waals surface area contributed by atoms with E-state index in [1.165, 1.54) is 25.7 Å². The van der Waals surface area contributed by atoms with Gasteiger partial charge in [-0.25, -0.2) is 13.2 Å². The van der Waals surface area contributed by atoms with Gasteiger partial charge in [0.05, 0.1) is 12.2 Å². The summed E-state index contributed by atoms with van der Waals surface area (Å²) in [5.74, 6) is -3.92. The lowest BCUT2D eigenvalue weighted by molar-refractivity contribution is -0.119. The summed E-state index contributed by atoms with van der Waals surface area (Å²) in [6, 6.07) is 2.27. The molecule has 3 rings (SSSR count). The smallest absolute Gasteiger partial charge is 0.238 e. The summed E-state index contributed by atoms with van der Waals surface area (Å²) in [7, 11) is 0. The number of hydrogen-bond donors (Lipinski definition) is 1. The zero-order valence-corrected chi connectivity index (χ0v) is 13.0. The highest BCUT2D eigenvalue weighted by molar-refractivity contribution is 5.92. The van der Waals surface area contributed by atoms with Crippen LogP contribution in [0.3, 0.4) is 0 Å². The zero-order chi connectivity index (χ0) is 16.4. The lowest BCUT2D eigenvalue weighted by Crippen LogP contribution is -2.49. The zero-order valence-electron chi connectivity index (χ0n) is 13.0. The summed E-state index contributed by atoms with van der Waals surface area (Å²) in [5, 5.41) is 2.36. The Morgan fingerprint density at radius 2 is 1.83 bits per heavy atom. The van der Waals surface area contributed by atoms with Crippen molar-refractivity contribution < 1.29 is 18.0 Å². The van der Waals surface area contributed by atoms with E-state index in [1.807, 2.05) is 0 Å². The van der Waals surface area contributed by atoms with Crippen molar-refractivity contribution in [3.63, 3.8) is 0 Å². The van der Waals surface area contributed by atoms with E-state index in [0.717, 1.165) is 31.5 Å². The maximum Gasteiger partial charge on any atom is 0.238 e. The van der Waals surface area contributed by atoms with Crippen LogP contribution >= 0.6 is 0 Å². The van der Waals surface area contributed by atoms with Crippen molar-refractivity contribution in [1.29, 1.82) is 0 Å². The second kappa shape index (κ2) is 6.91. The molecule has 2 fully saturated rings. The minimum absolute atomic E-state index is 0.166. The van der Waals surface area contributed by atoms with E-state index in [4.69, 9.17) is 0 Å². The van der Waals surface area contributed by atoms with Gasteiger partial charge in [0.1, 0.15) is 0 Å². The molecule has 1 aromatic carbocycles. The van der Waals surface area contributed by atoms with E-state index in [0.29, 0.717) is 12.0 Å². The summed E-state index contributed by atoms with van der Waals surface area (Å²) in [5.41, 5.74) is -0.314. The topological polar surface area (TPSA) is 32.3 Å². The predicted octanol–water partition coefficient (Wildman–Crippen LogP) is 3.70. The SMILES string of the molecule is O=C(CN1CCC[C@@H]2CCCC[C@@H]21)Nc1ccc(F)c(F)c1F. The van der Waals surface area contributed by atoms with Gasteiger partial charge in [0.25, 0.3) is 0 Å². The number of piperidine rings is 1. The fourth-order valence-corrected chi connectivity index (χ4v) is 3.92. The van der Waals surface area contributed by atoms with Crippen LogP contribution in [0.1, 0.15) is 38.5 Å². The largest absolute Gasteiger partial charge is 0.322 e. The Morgan fingerprint density at radius 3 is 2.65 bits per heavy atom. The first kappa shape index (κ1) is 16.3. The summed E-state index contributed by atoms with van der Waals surface area (Å²) in [6.45, 7) is 1.02. The fraction of sp³-hybridized carbons (Fsp3) is 0.588. The Labute approximate surface area is 133 Å². The summed E-state index contributed by atoms with van der Waals surface area (Å²) in [6.07, 6.45) is 7.00. The number of benzene rings is 1. The second-order valence-electron chi connectivity index (χ2n) is 6.50. The van der Waals surface area contributed by atoms with E-state index in [1.54, 1.807) is 0 Å². The molecule has 1 aromatic rings. The van der Waals surface area contributed by atoms with E-state index in [9.17, 15) is 18.0 Å². The number of anilines is 1. The number of halogens is 3. The molecule has 2 atom stereocenters. The molecule has 1 heterocycles. The number of nitrogens with one attached hydrogen (secondary N) is 1. The Bertz CT molecular complexity index is 591. The van der Waals surface area contributed by atoms with Crippen LogP contribution in [0, 0.1) is 23.4 Å². The molecule has 1 saturated heterocycles. The molecule has 0 bridgehead atoms. The van der Waals surface area contributed by atoms with Gasteiger partial charge < -0.3 is 5.32 Å². The molecule has 0 radical (unpaired) electrons. The lowest BCUT2D eigenvalue weighted by Gasteiger charge is -2.43. The first-order valence-corrected chi connectivity index (χ1v) is 8.23. The molecule has 3 nitrogen and oxygen atoms in total. The normalized spacial score (nSPS) is 25.0. The van der Waals surface area contributed by atoms with Gasteiger partial charge in [-0.3, -0.25) is 9.69 Å². The molecule has 0 spiro atoms. The summed E-state index contributed by atoms with van der Waals surface area (Å²) in [4.78, 5) is 14.3. The average Bonchev–Trinajstić information content (AvgIpc) is 2.56. The highest BCUT2D eigenvalue weighted by atomic mass is 19.2. The number of likely N-dealkylation sites (tertiary alicyclic amines) is 1. The quantitative estimate of drug-likeness (QED) is 0.859. The molecular weight excluding hydrogens is 305 g/mol. The first-order valence-electron chi connectivity index (χ1n) is 8.23. The summed E-state index contributed by atoms with van der Waals surface area (Å²) < 4.78 is 39.8. The number of rotatable bonds is 3. The maximum atomic E-state index is 13.6. The van der Waals surface area contributed by atoms with Gasteiger partial charge in [-0.2, -0.15) is 0 Å². The highest BCUT2D eigenvalue weighted by Gasteiger charge is 2.34. The van der Waals surface area contributed by atoms with Crippen molar-refractivity contribution in [2.75, 3.05) is 18.4 Å². The van der Waals surface area contributed by atoms with Crippen molar-refractivity contribution in [1.82, 2.24) is 4.90 Å². The molecule has 1 N–H and O–H groups in total. The van der Waals surface area contributed by atoms with Gasteiger partial charge in [0, 0.05) is 6.04 Å². The standard InChI is InChI=1S/C17H21F3N2O/c18-12-7-8-13(17(20)16(12)19)21-15(23)10-22-9-3-5-11-4-1-2-6-14(11)22/h7-8,11,14H,1-6,9-10H2,(H,21,23)/t11-,14-/m0/s1. The third kappa shape index (κ3) is 3.52. The molecule has 6 heteroatoms. The van der Waals surface area contributed by atoms with E-state index < -0.39 is 17.5 Å². The van der Waals surface area contributed by atoms with Crippen molar-refractivity contribution in [2.45, 2.75) is 44.6 Å². The minimum atomic E-state index is -1.56. The number of carbonyl (C=O) groups excluding carboxylic acids is 1. The monoisotopic (exact) mass is 326 g/mol. The van der Waals surface area contributed by atoms with Crippen LogP contribution in [0.25, 0.3) is 0 Å². The number of nitrogens with zero attached hydrogens (tertiary/aromatic N) is 1. The number of fused-ring (bicyclic) bond motifs is 1. The van der Waals surface area contributed by atoms with Crippen LogP contribution in [0.5, 0.6) is 0 Å². The van der Waals surface area contributed by atoms with Gasteiger partial charge in [0.2, 0.25) is 5.91 Å². The Balaban J connectivity index is 1.64. The molecule has 1 saturated carbocycles. The van der Waals surface area contributed by atoms with Crippen LogP contribution < -0.4 is 5.32 Å². The highest BCUT2D eigenvalue weighted by Crippen LogP contribution is 2.35. The van der Waals surface area contributed by atoms with E-state index >= 15 is 0 Å². The molecule has 1 aliphatic heterocycles. The van der Waals surface area contributed by atoms with Crippen LogP contribution in [0.15, 0.2) is 12.1 Å². The van der Waals surface area contributed by atoms with E-state index in [-0.39, 0.29) is 18.1 Å². The number of amides is 1. The molecule has 2 aliphatic rings. The van der Waals surface area contributed by atoms with E-state index in [2.05, 4.69) is 10.2 Å². The molecule has 23 heavy (non-hydrogen) atoms. The molecular formula is C17H21F3N2O. The van der Waals surface area contributed by atoms with Gasteiger partial charge >= 0.3 is 0 Å². The molecule has 0 aromatic heterocycles. The van der Waals surface area contributed by atoms with Gasteiger partial charge in [-0.1, -0.05) is 12.8 Å². The summed E-state index contributed by atoms with van der Waals surface area (Å²) >= 11 is 0. The van der Waals surface area contributed by atoms with Crippen molar-refractivity contribution in [3.8, 4) is 0 Å². The van der Waals surface area contributed by atoms with Crippen molar-refractivity contribution >= 4 is 11.6 Å². The Hall–Kier alpha value is -1.56. The van der Waals surface area contributed by atoms with Crippen LogP contribution in [-0.4, -0.2) is 29.9 Å². The molecule has 0 unspecified atom stereocenters. The van der Waals surface area contributed by atoms with Gasteiger partial charge in [-0.15, -0.1) is 0 Å². The van der Waals surface area contributed by atoms with Gasteiger partial charge in [-0.05, 0) is 50.3 Å². The average molecular weight is 326 g/mol. The first-order chi connectivity index (χ1) is 11.1. The van der Waals surface area contributed by atoms with Crippen molar-refractivity contribution in [3.05, 3.63) is 29.6 Å². The van der Waals surface area contributed by atoms with Crippen LogP contribution in [-0.2, 0) is 4.79 Å². The third-order valence-electron chi connectivity index (χ3n) is 5.01. The Morgan fingerprint density at radius 1 is 1.09 bits per heavy atom. The molecule has 126 valence electrons. The Kier molecular flexibility index (Phi) is 4.90. The van der Waals surface area contributed by atoms with Crippen LogP contribution in [0.2, 0.25) is 0 Å². The van der Waals surface area contributed by atoms with Crippen molar-refractivity contribution in [2.24, 2.45) is 5.92 Å². The molecule has 1 amide bonds. The maximum absolute atomic E-state index is 13.6. The third-order valence-corrected chi connectivity index (χ3v) is 5.01. The number of carbonyl (C=O) groups is 1. The predicted molar refractivity (Wildman–Crippen MR) is 81.5 cm³/mol. The minimum Gasteiger partial charge on any atom is -0.322 e. The molecule has 1 aliphatic carbocycles. The van der Waals surface area contributed by atoms with Gasteiger partial charge in [0.15, 0.2) is 17.5 Å². The fourth-order valence-electron chi connectivity index (χ4n) is 3.92. The second-order valence-corrected chi connectivity index (χ2v) is 6.50.